The van der Waals surface area contributed by atoms with Gasteiger partial charge in [-0.15, -0.1) is 11.3 Å². The van der Waals surface area contributed by atoms with Crippen LogP contribution in [-0.2, 0) is 0 Å². The quantitative estimate of drug-likeness (QED) is 0.627. The fourth-order valence-electron chi connectivity index (χ4n) is 2.30. The van der Waals surface area contributed by atoms with Crippen LogP contribution in [0.3, 0.4) is 0 Å². The number of pyridine rings is 1. The van der Waals surface area contributed by atoms with Gasteiger partial charge in [0.25, 0.3) is 0 Å². The molecule has 4 aromatic heterocycles. The molecule has 0 bridgehead atoms. The lowest BCUT2D eigenvalue weighted by molar-refractivity contribution is 1.09. The molecule has 1 N–H and O–H groups in total. The lowest BCUT2D eigenvalue weighted by atomic mass is 10.1. The van der Waals surface area contributed by atoms with E-state index in [1.54, 1.807) is 36.1 Å². The molecular weight excluding hydrogens is 294 g/mol. The fourth-order valence-corrected chi connectivity index (χ4v) is 3.34. The number of nitrogens with one attached hydrogen (secondary N) is 1. The highest BCUT2D eigenvalue weighted by Gasteiger charge is 2.19. The molecule has 0 fully saturated rings. The maximum Gasteiger partial charge on any atom is 0.161 e. The van der Waals surface area contributed by atoms with Crippen molar-refractivity contribution >= 4 is 11.3 Å². The summed E-state index contributed by atoms with van der Waals surface area (Å²) < 4.78 is 0. The van der Waals surface area contributed by atoms with Crippen molar-refractivity contribution in [3.05, 3.63) is 60.5 Å². The summed E-state index contributed by atoms with van der Waals surface area (Å²) in [4.78, 5) is 14.3. The highest BCUT2D eigenvalue weighted by atomic mass is 32.1. The normalized spacial score (nSPS) is 10.7. The minimum absolute atomic E-state index is 0.689. The maximum atomic E-state index is 4.46. The largest absolute Gasteiger partial charge is 0.278 e. The van der Waals surface area contributed by atoms with Crippen LogP contribution in [0.2, 0.25) is 0 Å². The van der Waals surface area contributed by atoms with E-state index < -0.39 is 0 Å². The summed E-state index contributed by atoms with van der Waals surface area (Å²) in [5.74, 6) is 0.689. The van der Waals surface area contributed by atoms with Gasteiger partial charge in [0.15, 0.2) is 5.82 Å². The molecule has 5 nitrogen and oxygen atoms in total. The number of thiophene rings is 1. The molecule has 0 saturated carbocycles. The second-order valence-electron chi connectivity index (χ2n) is 4.61. The first kappa shape index (κ1) is 12.8. The zero-order valence-corrected chi connectivity index (χ0v) is 12.3. The van der Waals surface area contributed by atoms with E-state index in [4.69, 9.17) is 0 Å². The highest BCUT2D eigenvalue weighted by molar-refractivity contribution is 7.14. The van der Waals surface area contributed by atoms with Crippen LogP contribution in [0.1, 0.15) is 0 Å². The Labute approximate surface area is 130 Å². The topological polar surface area (TPSA) is 67.3 Å². The van der Waals surface area contributed by atoms with E-state index in [2.05, 4.69) is 30.5 Å². The van der Waals surface area contributed by atoms with Crippen LogP contribution in [0.5, 0.6) is 0 Å². The number of rotatable bonds is 3. The van der Waals surface area contributed by atoms with Crippen molar-refractivity contribution in [1.29, 1.82) is 0 Å². The molecule has 4 heterocycles. The van der Waals surface area contributed by atoms with Crippen LogP contribution >= 0.6 is 11.3 Å². The Morgan fingerprint density at radius 3 is 2.45 bits per heavy atom. The molecule has 106 valence electrons. The van der Waals surface area contributed by atoms with Crippen LogP contribution in [0.4, 0.5) is 0 Å². The van der Waals surface area contributed by atoms with Crippen molar-refractivity contribution in [3.8, 4) is 33.2 Å². The minimum Gasteiger partial charge on any atom is -0.278 e. The summed E-state index contributed by atoms with van der Waals surface area (Å²) in [6, 6.07) is 9.64. The molecular formula is C16H11N5S. The van der Waals surface area contributed by atoms with Crippen LogP contribution in [0, 0.1) is 0 Å². The van der Waals surface area contributed by atoms with Gasteiger partial charge in [0.2, 0.25) is 0 Å². The number of nitrogens with zero attached hydrogens (tertiary/aromatic N) is 4. The van der Waals surface area contributed by atoms with Gasteiger partial charge in [-0.1, -0.05) is 6.07 Å². The fraction of sp³-hybridized carbons (Fsp3) is 0. The van der Waals surface area contributed by atoms with Gasteiger partial charge < -0.3 is 0 Å². The van der Waals surface area contributed by atoms with Crippen molar-refractivity contribution in [2.45, 2.75) is 0 Å². The molecule has 0 amide bonds. The number of aromatic nitrogens is 5. The second kappa shape index (κ2) is 5.50. The summed E-state index contributed by atoms with van der Waals surface area (Å²) >= 11 is 1.63. The van der Waals surface area contributed by atoms with E-state index in [0.29, 0.717) is 5.82 Å². The molecule has 0 aliphatic rings. The smallest absolute Gasteiger partial charge is 0.161 e. The monoisotopic (exact) mass is 305 g/mol. The Hall–Kier alpha value is -2.86. The van der Waals surface area contributed by atoms with Crippen LogP contribution in [0.15, 0.2) is 60.5 Å². The molecule has 0 unspecified atom stereocenters. The van der Waals surface area contributed by atoms with Crippen molar-refractivity contribution in [1.82, 2.24) is 25.1 Å². The van der Waals surface area contributed by atoms with E-state index in [-0.39, 0.29) is 0 Å². The SMILES string of the molecule is c1ccc(-c2scc(-c3ccn[nH]3)c2-c2ncccn2)nc1. The Balaban J connectivity index is 1.97. The third-order valence-corrected chi connectivity index (χ3v) is 4.27. The van der Waals surface area contributed by atoms with Gasteiger partial charge in [0.05, 0.1) is 16.3 Å². The Bertz CT molecular complexity index is 870. The molecule has 0 saturated heterocycles. The first-order valence-electron chi connectivity index (χ1n) is 6.73. The number of hydrogen-bond donors (Lipinski definition) is 1. The van der Waals surface area contributed by atoms with Gasteiger partial charge in [-0.25, -0.2) is 9.97 Å². The Morgan fingerprint density at radius 1 is 0.864 bits per heavy atom. The highest BCUT2D eigenvalue weighted by Crippen LogP contribution is 2.42. The average Bonchev–Trinajstić information content (AvgIpc) is 3.25. The van der Waals surface area contributed by atoms with Gasteiger partial charge >= 0.3 is 0 Å². The zero-order valence-electron chi connectivity index (χ0n) is 11.5. The summed E-state index contributed by atoms with van der Waals surface area (Å²) in [6.45, 7) is 0. The van der Waals surface area contributed by atoms with Gasteiger partial charge in [0, 0.05) is 41.3 Å². The van der Waals surface area contributed by atoms with Gasteiger partial charge in [-0.3, -0.25) is 10.1 Å². The molecule has 22 heavy (non-hydrogen) atoms. The van der Waals surface area contributed by atoms with Gasteiger partial charge in [0.1, 0.15) is 0 Å². The Morgan fingerprint density at radius 2 is 1.73 bits per heavy atom. The zero-order chi connectivity index (χ0) is 14.8. The molecule has 0 spiro atoms. The summed E-state index contributed by atoms with van der Waals surface area (Å²) in [5, 5.41) is 9.13. The van der Waals surface area contributed by atoms with Gasteiger partial charge in [-0.05, 0) is 24.3 Å². The molecule has 0 aliphatic carbocycles. The predicted octanol–water partition coefficient (Wildman–Crippen LogP) is 3.66. The maximum absolute atomic E-state index is 4.46. The van der Waals surface area contributed by atoms with Crippen molar-refractivity contribution in [2.75, 3.05) is 0 Å². The van der Waals surface area contributed by atoms with E-state index in [1.165, 1.54) is 0 Å². The third kappa shape index (κ3) is 2.19. The van der Waals surface area contributed by atoms with Crippen molar-refractivity contribution in [2.24, 2.45) is 0 Å². The van der Waals surface area contributed by atoms with Crippen LogP contribution in [-0.4, -0.2) is 25.1 Å². The molecule has 4 rings (SSSR count). The second-order valence-corrected chi connectivity index (χ2v) is 5.49. The third-order valence-electron chi connectivity index (χ3n) is 3.27. The van der Waals surface area contributed by atoms with Gasteiger partial charge in [-0.2, -0.15) is 5.10 Å². The number of H-pyrrole nitrogens is 1. The van der Waals surface area contributed by atoms with E-state index in [0.717, 1.165) is 27.4 Å². The van der Waals surface area contributed by atoms with Crippen LogP contribution < -0.4 is 0 Å². The standard InChI is InChI=1S/C16H11N5S/c1-2-6-17-13(4-1)15-14(16-18-7-3-8-19-16)11(10-22-15)12-5-9-20-21-12/h1-10H,(H,20,21). The predicted molar refractivity (Wildman–Crippen MR) is 86.2 cm³/mol. The summed E-state index contributed by atoms with van der Waals surface area (Å²) in [7, 11) is 0. The van der Waals surface area contributed by atoms with Crippen LogP contribution in [0.25, 0.3) is 33.2 Å². The summed E-state index contributed by atoms with van der Waals surface area (Å²) in [5.41, 5.74) is 3.88. The first-order chi connectivity index (χ1) is 10.9. The molecule has 0 aliphatic heterocycles. The lowest BCUT2D eigenvalue weighted by Gasteiger charge is -2.05. The number of hydrogen-bond acceptors (Lipinski definition) is 5. The Kier molecular flexibility index (Phi) is 3.21. The van der Waals surface area contributed by atoms with Crippen molar-refractivity contribution < 1.29 is 0 Å². The molecule has 0 aromatic carbocycles. The molecule has 0 atom stereocenters. The average molecular weight is 305 g/mol. The molecule has 4 aromatic rings. The number of aromatic amines is 1. The first-order valence-corrected chi connectivity index (χ1v) is 7.61. The van der Waals surface area contributed by atoms with E-state index in [9.17, 15) is 0 Å². The lowest BCUT2D eigenvalue weighted by Crippen LogP contribution is -1.91. The molecule has 0 radical (unpaired) electrons. The minimum atomic E-state index is 0.689. The molecule has 6 heteroatoms. The van der Waals surface area contributed by atoms with E-state index in [1.807, 2.05) is 30.3 Å². The van der Waals surface area contributed by atoms with E-state index >= 15 is 0 Å². The van der Waals surface area contributed by atoms with Crippen molar-refractivity contribution in [3.63, 3.8) is 0 Å². The summed E-state index contributed by atoms with van der Waals surface area (Å²) in [6.07, 6.45) is 7.03.